The van der Waals surface area contributed by atoms with Crippen LogP contribution in [0, 0.1) is 5.41 Å². The molecule has 0 aromatic heterocycles. The van der Waals surface area contributed by atoms with E-state index in [2.05, 4.69) is 26.3 Å². The lowest BCUT2D eigenvalue weighted by Crippen LogP contribution is -2.45. The van der Waals surface area contributed by atoms with Crippen molar-refractivity contribution in [2.45, 2.75) is 54.0 Å². The minimum absolute atomic E-state index is 0. The number of aliphatic imine (C=N–C) groups is 1. The maximum atomic E-state index is 11.8. The third kappa shape index (κ3) is 13.4. The molecule has 4 N–H and O–H groups in total. The number of nitrogens with zero attached hydrogens (tertiary/aromatic N) is 1. The van der Waals surface area contributed by atoms with Crippen LogP contribution in [0.3, 0.4) is 0 Å². The van der Waals surface area contributed by atoms with Crippen LogP contribution < -0.4 is 21.3 Å². The van der Waals surface area contributed by atoms with E-state index in [0.29, 0.717) is 25.6 Å². The molecule has 142 valence electrons. The molecule has 8 heteroatoms. The van der Waals surface area contributed by atoms with E-state index in [4.69, 9.17) is 0 Å². The molecule has 7 nitrogen and oxygen atoms in total. The molecule has 0 rings (SSSR count). The molecule has 0 aromatic rings. The summed E-state index contributed by atoms with van der Waals surface area (Å²) in [5.74, 6) is 0.433. The van der Waals surface area contributed by atoms with Crippen molar-refractivity contribution in [3.63, 3.8) is 0 Å². The van der Waals surface area contributed by atoms with Crippen LogP contribution in [0.5, 0.6) is 0 Å². The van der Waals surface area contributed by atoms with Crippen LogP contribution in [0.25, 0.3) is 0 Å². The van der Waals surface area contributed by atoms with Crippen LogP contribution in [-0.2, 0) is 9.59 Å². The molecule has 0 fully saturated rings. The summed E-state index contributed by atoms with van der Waals surface area (Å²) < 4.78 is 0. The first kappa shape index (κ1) is 25.2. The molecule has 0 saturated carbocycles. The van der Waals surface area contributed by atoms with Gasteiger partial charge < -0.3 is 21.3 Å². The second kappa shape index (κ2) is 11.5. The number of hydrogen-bond acceptors (Lipinski definition) is 3. The summed E-state index contributed by atoms with van der Waals surface area (Å²) in [4.78, 5) is 27.7. The molecule has 0 bridgehead atoms. The van der Waals surface area contributed by atoms with Gasteiger partial charge in [0.15, 0.2) is 5.96 Å². The molecule has 0 atom stereocenters. The van der Waals surface area contributed by atoms with Crippen molar-refractivity contribution in [2.75, 3.05) is 26.2 Å². The zero-order valence-corrected chi connectivity index (χ0v) is 18.3. The van der Waals surface area contributed by atoms with Crippen LogP contribution in [-0.4, -0.2) is 49.5 Å². The zero-order chi connectivity index (χ0) is 18.1. The molecule has 0 radical (unpaired) electrons. The Morgan fingerprint density at radius 3 is 1.92 bits per heavy atom. The van der Waals surface area contributed by atoms with E-state index in [9.17, 15) is 9.59 Å². The van der Waals surface area contributed by atoms with Crippen molar-refractivity contribution in [1.29, 1.82) is 0 Å². The van der Waals surface area contributed by atoms with E-state index >= 15 is 0 Å². The Bertz CT molecular complexity index is 425. The van der Waals surface area contributed by atoms with E-state index in [1.807, 2.05) is 48.5 Å². The maximum Gasteiger partial charge on any atom is 0.242 e. The molecule has 0 spiro atoms. The van der Waals surface area contributed by atoms with Gasteiger partial charge in [-0.25, -0.2) is 4.99 Å². The van der Waals surface area contributed by atoms with Gasteiger partial charge in [-0.3, -0.25) is 9.59 Å². The molecule has 0 aliphatic rings. The summed E-state index contributed by atoms with van der Waals surface area (Å²) in [5, 5.41) is 11.9. The van der Waals surface area contributed by atoms with Crippen molar-refractivity contribution < 1.29 is 9.59 Å². The van der Waals surface area contributed by atoms with E-state index in [0.717, 1.165) is 0 Å². The fourth-order valence-electron chi connectivity index (χ4n) is 1.57. The van der Waals surface area contributed by atoms with Crippen LogP contribution in [0.1, 0.15) is 48.5 Å². The Hall–Kier alpha value is -1.06. The number of hydrogen-bond donors (Lipinski definition) is 4. The molecule has 0 aliphatic carbocycles. The van der Waals surface area contributed by atoms with Crippen molar-refractivity contribution >= 4 is 41.8 Å². The Balaban J connectivity index is 0. The Morgan fingerprint density at radius 1 is 0.917 bits per heavy atom. The normalized spacial score (nSPS) is 12.0. The zero-order valence-electron chi connectivity index (χ0n) is 16.0. The van der Waals surface area contributed by atoms with Crippen LogP contribution >= 0.6 is 24.0 Å². The Morgan fingerprint density at radius 2 is 1.46 bits per heavy atom. The summed E-state index contributed by atoms with van der Waals surface area (Å²) in [5.41, 5.74) is -0.667. The average Bonchev–Trinajstić information content (AvgIpc) is 2.37. The lowest BCUT2D eigenvalue weighted by atomic mass is 9.96. The van der Waals surface area contributed by atoms with Gasteiger partial charge in [0.25, 0.3) is 0 Å². The van der Waals surface area contributed by atoms with E-state index in [-0.39, 0.29) is 47.9 Å². The first-order valence-corrected chi connectivity index (χ1v) is 8.07. The summed E-state index contributed by atoms with van der Waals surface area (Å²) in [6.45, 7) is 15.1. The van der Waals surface area contributed by atoms with Gasteiger partial charge in [-0.2, -0.15) is 0 Å². The number of halogens is 1. The Labute approximate surface area is 163 Å². The second-order valence-corrected chi connectivity index (χ2v) is 7.43. The highest BCUT2D eigenvalue weighted by Crippen LogP contribution is 2.11. The highest BCUT2D eigenvalue weighted by Gasteiger charge is 2.20. The number of carbonyl (C=O) groups excluding carboxylic acids is 2. The first-order chi connectivity index (χ1) is 10.5. The van der Waals surface area contributed by atoms with Gasteiger partial charge in [0.2, 0.25) is 11.8 Å². The largest absolute Gasteiger partial charge is 0.357 e. The minimum atomic E-state index is -0.399. The molecule has 0 aliphatic heterocycles. The molecule has 24 heavy (non-hydrogen) atoms. The SMILES string of the molecule is CCNC(=NCC(=O)NC(C)(C)C)NCCNC(=O)C(C)(C)C.I. The number of nitrogens with one attached hydrogen (secondary N) is 4. The fraction of sp³-hybridized carbons (Fsp3) is 0.812. The summed E-state index contributed by atoms with van der Waals surface area (Å²) in [7, 11) is 0. The van der Waals surface area contributed by atoms with Gasteiger partial charge in [-0.15, -0.1) is 24.0 Å². The number of amides is 2. The number of carbonyl (C=O) groups is 2. The van der Waals surface area contributed by atoms with Gasteiger partial charge in [0.1, 0.15) is 6.54 Å². The molecule has 0 saturated heterocycles. The van der Waals surface area contributed by atoms with E-state index in [1.54, 1.807) is 0 Å². The number of rotatable bonds is 6. The van der Waals surface area contributed by atoms with Gasteiger partial charge in [-0.1, -0.05) is 20.8 Å². The predicted molar refractivity (Wildman–Crippen MR) is 110 cm³/mol. The lowest BCUT2D eigenvalue weighted by Gasteiger charge is -2.20. The van der Waals surface area contributed by atoms with Crippen LogP contribution in [0.2, 0.25) is 0 Å². The number of guanidine groups is 1. The maximum absolute atomic E-state index is 11.8. The van der Waals surface area contributed by atoms with Gasteiger partial charge in [-0.05, 0) is 27.7 Å². The lowest BCUT2D eigenvalue weighted by molar-refractivity contribution is -0.128. The van der Waals surface area contributed by atoms with Crippen molar-refractivity contribution in [3.8, 4) is 0 Å². The summed E-state index contributed by atoms with van der Waals surface area (Å²) >= 11 is 0. The molecular formula is C16H34IN5O2. The van der Waals surface area contributed by atoms with E-state index < -0.39 is 5.41 Å². The topological polar surface area (TPSA) is 94.6 Å². The first-order valence-electron chi connectivity index (χ1n) is 8.07. The standard InChI is InChI=1S/C16H33N5O2.HI/c1-8-17-14(20-11-12(22)21-16(5,6)7)19-10-9-18-13(23)15(2,3)4;/h8-11H2,1-7H3,(H,18,23)(H,21,22)(H2,17,19,20);1H. The molecule has 0 heterocycles. The highest BCUT2D eigenvalue weighted by molar-refractivity contribution is 14.0. The smallest absolute Gasteiger partial charge is 0.242 e. The molecule has 0 unspecified atom stereocenters. The summed E-state index contributed by atoms with van der Waals surface area (Å²) in [6, 6.07) is 0. The van der Waals surface area contributed by atoms with E-state index in [1.165, 1.54) is 0 Å². The third-order valence-corrected chi connectivity index (χ3v) is 2.62. The minimum Gasteiger partial charge on any atom is -0.357 e. The fourth-order valence-corrected chi connectivity index (χ4v) is 1.57. The molecule has 0 aromatic carbocycles. The second-order valence-electron chi connectivity index (χ2n) is 7.43. The highest BCUT2D eigenvalue weighted by atomic mass is 127. The van der Waals surface area contributed by atoms with Crippen LogP contribution in [0.15, 0.2) is 4.99 Å². The van der Waals surface area contributed by atoms with Gasteiger partial charge in [0, 0.05) is 30.6 Å². The molecule has 2 amide bonds. The summed E-state index contributed by atoms with van der Waals surface area (Å²) in [6.07, 6.45) is 0. The van der Waals surface area contributed by atoms with Crippen molar-refractivity contribution in [2.24, 2.45) is 10.4 Å². The quantitative estimate of drug-likeness (QED) is 0.210. The van der Waals surface area contributed by atoms with Gasteiger partial charge >= 0.3 is 0 Å². The average molecular weight is 455 g/mol. The molecular weight excluding hydrogens is 421 g/mol. The van der Waals surface area contributed by atoms with Crippen LogP contribution in [0.4, 0.5) is 0 Å². The van der Waals surface area contributed by atoms with Crippen molar-refractivity contribution in [3.05, 3.63) is 0 Å². The third-order valence-electron chi connectivity index (χ3n) is 2.62. The monoisotopic (exact) mass is 455 g/mol. The van der Waals surface area contributed by atoms with Gasteiger partial charge in [0.05, 0.1) is 0 Å². The predicted octanol–water partition coefficient (Wildman–Crippen LogP) is 1.24. The Kier molecular flexibility index (Phi) is 12.1. The van der Waals surface area contributed by atoms with Crippen molar-refractivity contribution in [1.82, 2.24) is 21.3 Å².